The first-order chi connectivity index (χ1) is 14.7. The summed E-state index contributed by atoms with van der Waals surface area (Å²) in [5.41, 5.74) is 0. The van der Waals surface area contributed by atoms with E-state index in [4.69, 9.17) is 9.84 Å². The molecule has 0 spiro atoms. The number of aliphatic carboxylic acids is 1. The molecule has 0 aromatic rings. The Hall–Kier alpha value is -2.03. The van der Waals surface area contributed by atoms with Gasteiger partial charge in [-0.2, -0.15) is 8.78 Å². The minimum absolute atomic E-state index is 0.0136. The van der Waals surface area contributed by atoms with Crippen molar-refractivity contribution < 1.29 is 33.0 Å². The first-order valence-electron chi connectivity index (χ1n) is 11.2. The van der Waals surface area contributed by atoms with E-state index in [9.17, 15) is 23.2 Å². The molecule has 2 heterocycles. The Bertz CT molecular complexity index is 656. The lowest BCUT2D eigenvalue weighted by atomic mass is 9.77. The highest BCUT2D eigenvalue weighted by Crippen LogP contribution is 2.44. The Labute approximate surface area is 182 Å². The van der Waals surface area contributed by atoms with Crippen molar-refractivity contribution >= 4 is 17.8 Å². The number of carboxylic acid groups (broad SMARTS) is 1. The third-order valence-electron chi connectivity index (χ3n) is 6.09. The van der Waals surface area contributed by atoms with Gasteiger partial charge in [-0.15, -0.1) is 0 Å². The summed E-state index contributed by atoms with van der Waals surface area (Å²) < 4.78 is 32.2. The molecule has 0 aromatic heterocycles. The molecule has 2 bridgehead atoms. The molecule has 2 rings (SSSR count). The molecule has 3 N–H and O–H groups in total. The quantitative estimate of drug-likeness (QED) is 0.282. The minimum atomic E-state index is -3.71. The Morgan fingerprint density at radius 2 is 1.77 bits per heavy atom. The lowest BCUT2D eigenvalue weighted by Gasteiger charge is -2.27. The average molecular weight is 445 g/mol. The molecule has 9 heteroatoms. The fourth-order valence-electron chi connectivity index (χ4n) is 4.32. The van der Waals surface area contributed by atoms with Crippen LogP contribution in [0.4, 0.5) is 8.78 Å². The molecule has 7 nitrogen and oxygen atoms in total. The van der Waals surface area contributed by atoms with Crippen LogP contribution in [0.25, 0.3) is 0 Å². The van der Waals surface area contributed by atoms with Crippen LogP contribution in [0.15, 0.2) is 12.2 Å². The molecule has 31 heavy (non-hydrogen) atoms. The van der Waals surface area contributed by atoms with Crippen LogP contribution in [0.3, 0.4) is 0 Å². The normalized spacial score (nSPS) is 25.1. The smallest absolute Gasteiger partial charge is 0.374 e. The molecule has 0 saturated carbocycles. The number of carbonyl (C=O) groups excluding carboxylic acids is 2. The fourth-order valence-corrected chi connectivity index (χ4v) is 4.32. The maximum atomic E-state index is 13.1. The fraction of sp³-hybridized carbons (Fsp3) is 0.773. The summed E-state index contributed by atoms with van der Waals surface area (Å²) in [4.78, 5) is 34.3. The van der Waals surface area contributed by atoms with Gasteiger partial charge < -0.3 is 20.5 Å². The second-order valence-electron chi connectivity index (χ2n) is 8.41. The highest BCUT2D eigenvalue weighted by Gasteiger charge is 2.48. The number of nitrogens with one attached hydrogen (secondary N) is 2. The van der Waals surface area contributed by atoms with Crippen molar-refractivity contribution in [2.24, 2.45) is 11.8 Å². The topological polar surface area (TPSA) is 105 Å². The van der Waals surface area contributed by atoms with Crippen molar-refractivity contribution in [1.29, 1.82) is 0 Å². The van der Waals surface area contributed by atoms with Gasteiger partial charge in [0.05, 0.1) is 18.8 Å². The summed E-state index contributed by atoms with van der Waals surface area (Å²) in [7, 11) is 0. The second kappa shape index (κ2) is 12.1. The molecule has 2 saturated heterocycles. The standard InChI is InChI=1S/C22H34F2N2O5/c1-2-3-5-9-19(27)26-14-20(28)25-13-16-15(17-10-11-18(16)31-17)8-6-4-7-12-22(23,24)21(29)30/h4,6,15-18H,2-3,5,7-14H2,1H3,(H,25,28)(H,26,27)(H,29,30)/t15-,16+,17-,18+/m1/s1. The van der Waals surface area contributed by atoms with Crippen LogP contribution in [0.5, 0.6) is 0 Å². The maximum absolute atomic E-state index is 13.1. The number of unbranched alkanes of at least 4 members (excludes halogenated alkanes) is 2. The number of amides is 2. The van der Waals surface area contributed by atoms with E-state index in [1.165, 1.54) is 0 Å². The van der Waals surface area contributed by atoms with Crippen molar-refractivity contribution in [3.05, 3.63) is 12.2 Å². The zero-order chi connectivity index (χ0) is 22.9. The van der Waals surface area contributed by atoms with Crippen LogP contribution >= 0.6 is 0 Å². The lowest BCUT2D eigenvalue weighted by Crippen LogP contribution is -2.42. The number of rotatable bonds is 14. The van der Waals surface area contributed by atoms with Gasteiger partial charge in [-0.3, -0.25) is 9.59 Å². The number of carboxylic acids is 1. The molecular formula is C22H34F2N2O5. The number of allylic oxidation sites excluding steroid dienone is 2. The monoisotopic (exact) mass is 444 g/mol. The largest absolute Gasteiger partial charge is 0.477 e. The number of ether oxygens (including phenoxy) is 1. The van der Waals surface area contributed by atoms with Crippen LogP contribution in [-0.2, 0) is 19.1 Å². The van der Waals surface area contributed by atoms with Gasteiger partial charge in [-0.25, -0.2) is 4.79 Å². The number of alkyl halides is 2. The van der Waals surface area contributed by atoms with E-state index in [2.05, 4.69) is 17.6 Å². The Kier molecular flexibility index (Phi) is 9.87. The van der Waals surface area contributed by atoms with Gasteiger partial charge >= 0.3 is 11.9 Å². The zero-order valence-corrected chi connectivity index (χ0v) is 18.1. The van der Waals surface area contributed by atoms with Crippen LogP contribution in [0.1, 0.15) is 64.7 Å². The molecule has 2 fully saturated rings. The zero-order valence-electron chi connectivity index (χ0n) is 18.1. The molecule has 176 valence electrons. The molecule has 0 unspecified atom stereocenters. The molecule has 2 aliphatic heterocycles. The Morgan fingerprint density at radius 1 is 1.06 bits per heavy atom. The third-order valence-corrected chi connectivity index (χ3v) is 6.09. The van der Waals surface area contributed by atoms with E-state index in [-0.39, 0.29) is 48.8 Å². The van der Waals surface area contributed by atoms with Crippen LogP contribution in [-0.4, -0.2) is 54.1 Å². The summed E-state index contributed by atoms with van der Waals surface area (Å²) in [5, 5.41) is 14.0. The van der Waals surface area contributed by atoms with Crippen molar-refractivity contribution in [2.75, 3.05) is 13.1 Å². The summed E-state index contributed by atoms with van der Waals surface area (Å²) in [6.45, 7) is 2.46. The molecule has 2 aliphatic rings. The SMILES string of the molecule is CCCCCC(=O)NCC(=O)NC[C@H]1[C@@H](CC=CCCC(F)(F)C(=O)O)[C@H]2CC[C@@H]1O2. The third kappa shape index (κ3) is 7.87. The highest BCUT2D eigenvalue weighted by atomic mass is 19.3. The van der Waals surface area contributed by atoms with Gasteiger partial charge in [0.2, 0.25) is 11.8 Å². The average Bonchev–Trinajstić information content (AvgIpc) is 3.32. The van der Waals surface area contributed by atoms with Gasteiger partial charge in [0, 0.05) is 25.3 Å². The number of halogens is 2. The van der Waals surface area contributed by atoms with Crippen LogP contribution in [0, 0.1) is 11.8 Å². The van der Waals surface area contributed by atoms with E-state index < -0.39 is 18.3 Å². The van der Waals surface area contributed by atoms with Gasteiger partial charge in [-0.05, 0) is 38.0 Å². The van der Waals surface area contributed by atoms with Gasteiger partial charge in [0.25, 0.3) is 0 Å². The number of hydrogen-bond acceptors (Lipinski definition) is 4. The molecular weight excluding hydrogens is 410 g/mol. The lowest BCUT2D eigenvalue weighted by molar-refractivity contribution is -0.165. The van der Waals surface area contributed by atoms with Crippen molar-refractivity contribution in [2.45, 2.75) is 82.8 Å². The van der Waals surface area contributed by atoms with Crippen molar-refractivity contribution in [3.63, 3.8) is 0 Å². The van der Waals surface area contributed by atoms with Crippen LogP contribution in [0.2, 0.25) is 0 Å². The molecule has 0 aromatic carbocycles. The predicted molar refractivity (Wildman–Crippen MR) is 111 cm³/mol. The molecule has 2 amide bonds. The maximum Gasteiger partial charge on any atom is 0.374 e. The van der Waals surface area contributed by atoms with E-state index in [0.29, 0.717) is 19.4 Å². The predicted octanol–water partition coefficient (Wildman–Crippen LogP) is 3.04. The first kappa shape index (κ1) is 25.2. The van der Waals surface area contributed by atoms with Gasteiger partial charge in [0.1, 0.15) is 0 Å². The summed E-state index contributed by atoms with van der Waals surface area (Å²) in [6, 6.07) is 0. The Balaban J connectivity index is 1.72. The van der Waals surface area contributed by atoms with Gasteiger partial charge in [0.15, 0.2) is 0 Å². The molecule has 0 radical (unpaired) electrons. The van der Waals surface area contributed by atoms with E-state index in [0.717, 1.165) is 32.1 Å². The second-order valence-corrected chi connectivity index (χ2v) is 8.41. The summed E-state index contributed by atoms with van der Waals surface area (Å²) >= 11 is 0. The van der Waals surface area contributed by atoms with E-state index in [1.54, 1.807) is 12.2 Å². The van der Waals surface area contributed by atoms with E-state index >= 15 is 0 Å². The first-order valence-corrected chi connectivity index (χ1v) is 11.2. The van der Waals surface area contributed by atoms with Crippen molar-refractivity contribution in [1.82, 2.24) is 10.6 Å². The number of carbonyl (C=O) groups is 3. The molecule has 0 aliphatic carbocycles. The van der Waals surface area contributed by atoms with E-state index in [1.807, 2.05) is 0 Å². The highest BCUT2D eigenvalue weighted by molar-refractivity contribution is 5.84. The molecule has 4 atom stereocenters. The minimum Gasteiger partial charge on any atom is -0.477 e. The number of fused-ring (bicyclic) bond motifs is 2. The van der Waals surface area contributed by atoms with Crippen LogP contribution < -0.4 is 10.6 Å². The van der Waals surface area contributed by atoms with Crippen molar-refractivity contribution in [3.8, 4) is 0 Å². The number of hydrogen-bond donors (Lipinski definition) is 3. The van der Waals surface area contributed by atoms with Gasteiger partial charge in [-0.1, -0.05) is 31.9 Å². The Morgan fingerprint density at radius 3 is 2.45 bits per heavy atom. The summed E-state index contributed by atoms with van der Waals surface area (Å²) in [5.74, 6) is -5.86. The summed E-state index contributed by atoms with van der Waals surface area (Å²) in [6.07, 6.45) is 8.59.